The summed E-state index contributed by atoms with van der Waals surface area (Å²) >= 11 is 0. The van der Waals surface area contributed by atoms with Gasteiger partial charge in [-0.05, 0) is 55.5 Å². The summed E-state index contributed by atoms with van der Waals surface area (Å²) in [6, 6.07) is 12.4. The Balaban J connectivity index is 1.92. The molecule has 0 aliphatic rings. The van der Waals surface area contributed by atoms with Gasteiger partial charge in [0.25, 0.3) is 0 Å². The number of amides is 2. The molecule has 11 nitrogen and oxygen atoms in total. The maximum absolute atomic E-state index is 11.5. The molecular formula is C19H17N7O4. The van der Waals surface area contributed by atoms with Crippen molar-refractivity contribution in [3.63, 3.8) is 0 Å². The van der Waals surface area contributed by atoms with Crippen LogP contribution in [0.1, 0.15) is 26.4 Å². The molecule has 3 rings (SSSR count). The lowest BCUT2D eigenvalue weighted by Gasteiger charge is -2.11. The molecule has 11 heteroatoms. The number of anilines is 4. The summed E-state index contributed by atoms with van der Waals surface area (Å²) in [5.74, 6) is -1.06. The van der Waals surface area contributed by atoms with Crippen molar-refractivity contribution in [3.8, 4) is 0 Å². The molecule has 6 N–H and O–H groups in total. The Labute approximate surface area is 170 Å². The van der Waals surface area contributed by atoms with Crippen LogP contribution < -0.4 is 22.1 Å². The van der Waals surface area contributed by atoms with Crippen LogP contribution in [0.3, 0.4) is 0 Å². The Morgan fingerprint density at radius 1 is 0.867 bits per heavy atom. The standard InChI is InChI=1S/C19H17N7O4/c1-10-15(26(29)30)18(23-13-6-2-11(3-7-13)16(20)27)25-19(22-10)24-14-8-4-12(5-9-14)17(21)28/h2-9H,1H3,(H2,20,27)(H2,21,28)(H2,22,23,24,25). The van der Waals surface area contributed by atoms with Crippen LogP contribution in [0, 0.1) is 17.0 Å². The zero-order valence-corrected chi connectivity index (χ0v) is 15.7. The monoisotopic (exact) mass is 407 g/mol. The lowest BCUT2D eigenvalue weighted by atomic mass is 10.2. The SMILES string of the molecule is Cc1nc(Nc2ccc(C(N)=O)cc2)nc(Nc2ccc(C(N)=O)cc2)c1[N+](=O)[O-]. The van der Waals surface area contributed by atoms with Gasteiger partial charge in [0.1, 0.15) is 5.69 Å². The van der Waals surface area contributed by atoms with Gasteiger partial charge in [-0.1, -0.05) is 0 Å². The van der Waals surface area contributed by atoms with Gasteiger partial charge < -0.3 is 22.1 Å². The molecule has 0 fully saturated rings. The summed E-state index contributed by atoms with van der Waals surface area (Å²) in [5.41, 5.74) is 12.0. The predicted molar refractivity (Wildman–Crippen MR) is 110 cm³/mol. The Morgan fingerprint density at radius 3 is 1.77 bits per heavy atom. The van der Waals surface area contributed by atoms with E-state index in [2.05, 4.69) is 20.6 Å². The van der Waals surface area contributed by atoms with Crippen LogP contribution in [0.15, 0.2) is 48.5 Å². The first-order chi connectivity index (χ1) is 14.2. The number of aryl methyl sites for hydroxylation is 1. The minimum absolute atomic E-state index is 0.0319. The summed E-state index contributed by atoms with van der Waals surface area (Å²) in [5, 5.41) is 17.3. The van der Waals surface area contributed by atoms with Gasteiger partial charge >= 0.3 is 5.69 Å². The number of primary amides is 2. The smallest absolute Gasteiger partial charge is 0.332 e. The predicted octanol–water partition coefficient (Wildman–Crippen LogP) is 2.38. The van der Waals surface area contributed by atoms with Crippen LogP contribution in [0.2, 0.25) is 0 Å². The summed E-state index contributed by atoms with van der Waals surface area (Å²) < 4.78 is 0. The number of hydrogen-bond donors (Lipinski definition) is 4. The average molecular weight is 407 g/mol. The molecule has 0 saturated heterocycles. The second kappa shape index (κ2) is 8.22. The van der Waals surface area contributed by atoms with E-state index in [0.29, 0.717) is 22.5 Å². The van der Waals surface area contributed by atoms with Crippen molar-refractivity contribution >= 4 is 40.6 Å². The molecule has 30 heavy (non-hydrogen) atoms. The van der Waals surface area contributed by atoms with Crippen molar-refractivity contribution in [2.45, 2.75) is 6.92 Å². The first kappa shape index (κ1) is 20.2. The number of nitrogens with zero attached hydrogens (tertiary/aromatic N) is 3. The first-order valence-electron chi connectivity index (χ1n) is 8.61. The molecular weight excluding hydrogens is 390 g/mol. The van der Waals surface area contributed by atoms with Crippen molar-refractivity contribution < 1.29 is 14.5 Å². The highest BCUT2D eigenvalue weighted by Gasteiger charge is 2.22. The van der Waals surface area contributed by atoms with Gasteiger partial charge in [-0.25, -0.2) is 4.98 Å². The van der Waals surface area contributed by atoms with Gasteiger partial charge in [0.15, 0.2) is 0 Å². The molecule has 0 aliphatic heterocycles. The van der Waals surface area contributed by atoms with Gasteiger partial charge in [-0.3, -0.25) is 19.7 Å². The number of benzene rings is 2. The molecule has 3 aromatic rings. The van der Waals surface area contributed by atoms with Crippen LogP contribution >= 0.6 is 0 Å². The van der Waals surface area contributed by atoms with Crippen LogP contribution in [0.4, 0.5) is 28.8 Å². The van der Waals surface area contributed by atoms with Crippen LogP contribution in [0.5, 0.6) is 0 Å². The van der Waals surface area contributed by atoms with E-state index in [-0.39, 0.29) is 23.1 Å². The molecule has 2 amide bonds. The third-order valence-electron chi connectivity index (χ3n) is 4.10. The summed E-state index contributed by atoms with van der Waals surface area (Å²) in [7, 11) is 0. The molecule has 0 atom stereocenters. The van der Waals surface area contributed by atoms with Gasteiger partial charge in [0.05, 0.1) is 4.92 Å². The highest BCUT2D eigenvalue weighted by atomic mass is 16.6. The van der Waals surface area contributed by atoms with E-state index >= 15 is 0 Å². The fourth-order valence-electron chi connectivity index (χ4n) is 2.63. The number of hydrogen-bond acceptors (Lipinski definition) is 8. The normalized spacial score (nSPS) is 10.3. The maximum Gasteiger partial charge on any atom is 0.332 e. The third-order valence-corrected chi connectivity index (χ3v) is 4.10. The fourth-order valence-corrected chi connectivity index (χ4v) is 2.63. The Morgan fingerprint density at radius 2 is 1.33 bits per heavy atom. The fraction of sp³-hybridized carbons (Fsp3) is 0.0526. The maximum atomic E-state index is 11.5. The van der Waals surface area contributed by atoms with Crippen LogP contribution in [-0.4, -0.2) is 26.7 Å². The van der Waals surface area contributed by atoms with E-state index in [1.54, 1.807) is 24.3 Å². The second-order valence-corrected chi connectivity index (χ2v) is 6.22. The van der Waals surface area contributed by atoms with Gasteiger partial charge in [0.2, 0.25) is 23.6 Å². The Kier molecular flexibility index (Phi) is 5.54. The molecule has 0 bridgehead atoms. The molecule has 0 radical (unpaired) electrons. The van der Waals surface area contributed by atoms with Gasteiger partial charge in [0, 0.05) is 22.5 Å². The van der Waals surface area contributed by atoms with Gasteiger partial charge in [-0.15, -0.1) is 0 Å². The van der Waals surface area contributed by atoms with Crippen molar-refractivity contribution in [1.29, 1.82) is 0 Å². The molecule has 1 heterocycles. The van der Waals surface area contributed by atoms with E-state index in [9.17, 15) is 19.7 Å². The van der Waals surface area contributed by atoms with E-state index in [4.69, 9.17) is 11.5 Å². The van der Waals surface area contributed by atoms with Crippen LogP contribution in [-0.2, 0) is 0 Å². The highest BCUT2D eigenvalue weighted by molar-refractivity contribution is 5.93. The average Bonchev–Trinajstić information content (AvgIpc) is 2.68. The lowest BCUT2D eigenvalue weighted by molar-refractivity contribution is -0.385. The summed E-state index contributed by atoms with van der Waals surface area (Å²) in [6.45, 7) is 1.49. The Hall–Kier alpha value is -4.54. The molecule has 2 aromatic carbocycles. The summed E-state index contributed by atoms with van der Waals surface area (Å²) in [4.78, 5) is 41.6. The quantitative estimate of drug-likeness (QED) is 0.340. The van der Waals surface area contributed by atoms with Crippen molar-refractivity contribution in [3.05, 3.63) is 75.5 Å². The molecule has 0 spiro atoms. The number of nitro groups is 1. The van der Waals surface area contributed by atoms with Crippen molar-refractivity contribution in [1.82, 2.24) is 9.97 Å². The number of aromatic nitrogens is 2. The molecule has 152 valence electrons. The van der Waals surface area contributed by atoms with Gasteiger partial charge in [-0.2, -0.15) is 4.98 Å². The number of carbonyl (C=O) groups excluding carboxylic acids is 2. The number of nitrogens with two attached hydrogens (primary N) is 2. The van der Waals surface area contributed by atoms with Crippen LogP contribution in [0.25, 0.3) is 0 Å². The zero-order chi connectivity index (χ0) is 21.8. The largest absolute Gasteiger partial charge is 0.366 e. The highest BCUT2D eigenvalue weighted by Crippen LogP contribution is 2.30. The van der Waals surface area contributed by atoms with Crippen molar-refractivity contribution in [2.75, 3.05) is 10.6 Å². The van der Waals surface area contributed by atoms with E-state index in [1.807, 2.05) is 0 Å². The molecule has 0 unspecified atom stereocenters. The van der Waals surface area contributed by atoms with E-state index in [1.165, 1.54) is 31.2 Å². The van der Waals surface area contributed by atoms with E-state index < -0.39 is 16.7 Å². The number of carbonyl (C=O) groups is 2. The Bertz CT molecular complexity index is 1130. The zero-order valence-electron chi connectivity index (χ0n) is 15.7. The lowest BCUT2D eigenvalue weighted by Crippen LogP contribution is -2.11. The second-order valence-electron chi connectivity index (χ2n) is 6.22. The number of nitrogens with one attached hydrogen (secondary N) is 2. The van der Waals surface area contributed by atoms with Crippen molar-refractivity contribution in [2.24, 2.45) is 11.5 Å². The van der Waals surface area contributed by atoms with E-state index in [0.717, 1.165) is 0 Å². The first-order valence-corrected chi connectivity index (χ1v) is 8.61. The third kappa shape index (κ3) is 4.47. The molecule has 0 aliphatic carbocycles. The summed E-state index contributed by atoms with van der Waals surface area (Å²) in [6.07, 6.45) is 0. The molecule has 0 saturated carbocycles. The minimum Gasteiger partial charge on any atom is -0.366 e. The minimum atomic E-state index is -0.584. The molecule has 1 aromatic heterocycles. The topological polar surface area (TPSA) is 179 Å². The number of rotatable bonds is 7.